The number of unbranched alkanes of at least 4 members (excludes halogenated alkanes) is 1. The van der Waals surface area contributed by atoms with Crippen molar-refractivity contribution < 1.29 is 39.0 Å². The normalized spacial score (nSPS) is 16.6. The van der Waals surface area contributed by atoms with Crippen LogP contribution < -0.4 is 22.1 Å². The summed E-state index contributed by atoms with van der Waals surface area (Å²) in [5.74, 6) is -5.09. The van der Waals surface area contributed by atoms with Crippen molar-refractivity contribution in [2.45, 2.75) is 124 Å². The van der Waals surface area contributed by atoms with Crippen molar-refractivity contribution in [2.24, 2.45) is 45.5 Å². The van der Waals surface area contributed by atoms with Gasteiger partial charge in [-0.05, 0) is 94.0 Å². The largest absolute Gasteiger partial charge is 0.508 e. The van der Waals surface area contributed by atoms with Gasteiger partial charge in [-0.25, -0.2) is 0 Å². The average Bonchev–Trinajstić information content (AvgIpc) is 3.60. The fourth-order valence-electron chi connectivity index (χ4n) is 7.25. The molecule has 1 aromatic rings. The molecule has 0 saturated carbocycles. The number of aromatic hydroxyl groups is 1. The van der Waals surface area contributed by atoms with Crippen LogP contribution in [0.5, 0.6) is 5.75 Å². The maximum absolute atomic E-state index is 14.2. The number of hydrogen-bond donors (Lipinski definition) is 6. The Morgan fingerprint density at radius 2 is 1.62 bits per heavy atom. The van der Waals surface area contributed by atoms with Gasteiger partial charge in [-0.2, -0.15) is 0 Å². The molecule has 5 atom stereocenters. The van der Waals surface area contributed by atoms with Gasteiger partial charge in [0.25, 0.3) is 0 Å². The highest BCUT2D eigenvalue weighted by atomic mass is 16.4. The molecule has 2 amide bonds. The number of phenols is 1. The van der Waals surface area contributed by atoms with Gasteiger partial charge in [0.2, 0.25) is 11.8 Å². The lowest BCUT2D eigenvalue weighted by Gasteiger charge is -2.33. The Kier molecular flexibility index (Phi) is 19.5. The Morgan fingerprint density at radius 1 is 0.945 bits per heavy atom. The second kappa shape index (κ2) is 22.9. The van der Waals surface area contributed by atoms with Gasteiger partial charge in [0.1, 0.15) is 11.5 Å². The lowest BCUT2D eigenvalue weighted by molar-refractivity contribution is -0.145. The number of likely N-dealkylation sites (tertiary alicyclic amines) is 1. The Bertz CT molecular complexity index is 1470. The molecule has 0 aromatic heterocycles. The molecule has 0 radical (unpaired) electrons. The van der Waals surface area contributed by atoms with Crippen LogP contribution in [0.4, 0.5) is 0 Å². The Balaban J connectivity index is 2.35. The van der Waals surface area contributed by atoms with Crippen LogP contribution in [-0.2, 0) is 35.2 Å². The van der Waals surface area contributed by atoms with Crippen molar-refractivity contribution in [1.29, 1.82) is 0 Å². The van der Waals surface area contributed by atoms with E-state index in [0.29, 0.717) is 63.6 Å². The van der Waals surface area contributed by atoms with Gasteiger partial charge in [-0.1, -0.05) is 46.8 Å². The molecule has 1 aliphatic rings. The molecule has 8 N–H and O–H groups in total. The third-order valence-electron chi connectivity index (χ3n) is 10.1. The summed E-state index contributed by atoms with van der Waals surface area (Å²) in [6.07, 6.45) is 3.70. The van der Waals surface area contributed by atoms with Crippen molar-refractivity contribution in [1.82, 2.24) is 15.5 Å². The van der Waals surface area contributed by atoms with Crippen molar-refractivity contribution in [3.63, 3.8) is 0 Å². The second-order valence-electron chi connectivity index (χ2n) is 16.5. The lowest BCUT2D eigenvalue weighted by atomic mass is 9.80. The molecular formula is C41H66N6O8. The highest BCUT2D eigenvalue weighted by Gasteiger charge is 2.40. The Labute approximate surface area is 326 Å². The summed E-state index contributed by atoms with van der Waals surface area (Å²) in [7, 11) is 1.85. The molecule has 1 fully saturated rings. The molecule has 1 aromatic carbocycles. The second-order valence-corrected chi connectivity index (χ2v) is 16.5. The first kappa shape index (κ1) is 46.8. The van der Waals surface area contributed by atoms with Gasteiger partial charge in [-0.15, -0.1) is 0 Å². The first-order valence-electron chi connectivity index (χ1n) is 19.7. The van der Waals surface area contributed by atoms with Crippen LogP contribution in [0.3, 0.4) is 0 Å². The summed E-state index contributed by atoms with van der Waals surface area (Å²) in [6.45, 7) is 10.6. The number of carbonyl (C=O) groups is 6. The van der Waals surface area contributed by atoms with Gasteiger partial charge in [-0.3, -0.25) is 33.8 Å². The fraction of sp³-hybridized carbons (Fsp3) is 0.683. The van der Waals surface area contributed by atoms with Crippen molar-refractivity contribution in [3.05, 3.63) is 29.8 Å². The van der Waals surface area contributed by atoms with E-state index in [1.807, 2.05) is 20.9 Å². The standard InChI is InChI=1S/C41H66N6O8/c1-26(2)21-30(39(54)55)25-35(51)36(41(3,4)5)46-37(52)29(22-27-14-16-31(48)17-15-27)24-34(50)33-13-10-20-47(33)38(53)28(11-9-19-45-40(42)43)23-32(49)12-7-8-18-44-6/h14-17,26,28-30,33,36,44,48H,7-13,18-25H2,1-6H3,(H,46,52)(H,54,55)(H4,42,43,45)/t28-,29-,30-,33+,36-/m1/s1. The lowest BCUT2D eigenvalue weighted by Crippen LogP contribution is -2.52. The number of carboxylic acid groups (broad SMARTS) is 1. The summed E-state index contributed by atoms with van der Waals surface area (Å²) in [6, 6.07) is 4.48. The fourth-order valence-corrected chi connectivity index (χ4v) is 7.25. The SMILES string of the molecule is CNCCCCC(=O)C[C@@H](CCCN=C(N)N)C(=O)N1CCC[C@H]1C(=O)C[C@@H](Cc1ccc(O)cc1)C(=O)N[C@H](C(=O)C[C@@H](CC(C)C)C(=O)O)C(C)(C)C. The summed E-state index contributed by atoms with van der Waals surface area (Å²) in [5.41, 5.74) is 10.9. The third-order valence-corrected chi connectivity index (χ3v) is 10.1. The average molecular weight is 771 g/mol. The van der Waals surface area contributed by atoms with Crippen LogP contribution in [0, 0.1) is 29.1 Å². The molecule has 308 valence electrons. The number of guanidine groups is 1. The number of nitrogens with two attached hydrogens (primary N) is 2. The maximum Gasteiger partial charge on any atom is 0.306 e. The zero-order valence-electron chi connectivity index (χ0n) is 33.8. The van der Waals surface area contributed by atoms with Crippen LogP contribution in [0.2, 0.25) is 0 Å². The first-order chi connectivity index (χ1) is 25.8. The monoisotopic (exact) mass is 770 g/mol. The van der Waals surface area contributed by atoms with Crippen LogP contribution in [0.15, 0.2) is 29.3 Å². The number of carbonyl (C=O) groups excluding carboxylic acids is 5. The minimum atomic E-state index is -1.07. The van der Waals surface area contributed by atoms with Gasteiger partial charge in [0.15, 0.2) is 17.5 Å². The number of carboxylic acids is 1. The van der Waals surface area contributed by atoms with Crippen LogP contribution in [0.1, 0.15) is 111 Å². The quantitative estimate of drug-likeness (QED) is 0.0476. The number of nitrogens with one attached hydrogen (secondary N) is 2. The molecule has 1 saturated heterocycles. The van der Waals surface area contributed by atoms with E-state index in [2.05, 4.69) is 15.6 Å². The molecular weight excluding hydrogens is 704 g/mol. The van der Waals surface area contributed by atoms with Gasteiger partial charge in [0.05, 0.1) is 18.0 Å². The number of Topliss-reactive ketones (excluding diaryl/α,β-unsaturated/α-hetero) is 3. The number of nitrogens with zero attached hydrogens (tertiary/aromatic N) is 2. The van der Waals surface area contributed by atoms with E-state index in [1.54, 1.807) is 37.8 Å². The molecule has 1 aliphatic heterocycles. The van der Waals surface area contributed by atoms with Gasteiger partial charge >= 0.3 is 5.97 Å². The number of amides is 2. The minimum absolute atomic E-state index is 0.0224. The number of hydrogen-bond acceptors (Lipinski definition) is 9. The smallest absolute Gasteiger partial charge is 0.306 e. The number of benzene rings is 1. The van der Waals surface area contributed by atoms with Gasteiger partial charge in [0, 0.05) is 50.6 Å². The van der Waals surface area contributed by atoms with Crippen molar-refractivity contribution >= 4 is 41.1 Å². The molecule has 0 spiro atoms. The number of ketones is 3. The van der Waals surface area contributed by atoms with E-state index in [0.717, 1.165) is 13.0 Å². The predicted octanol–water partition coefficient (Wildman–Crippen LogP) is 3.76. The number of aliphatic imine (C=N–C) groups is 1. The van der Waals surface area contributed by atoms with Crippen molar-refractivity contribution in [3.8, 4) is 5.75 Å². The molecule has 2 rings (SSSR count). The number of aliphatic carboxylic acids is 1. The topological polar surface area (TPSA) is 235 Å². The van der Waals surface area contributed by atoms with Crippen LogP contribution in [0.25, 0.3) is 0 Å². The minimum Gasteiger partial charge on any atom is -0.508 e. The number of phenolic OH excluding ortho intramolecular Hbond substituents is 1. The molecule has 0 unspecified atom stereocenters. The van der Waals surface area contributed by atoms with Crippen molar-refractivity contribution in [2.75, 3.05) is 26.7 Å². The highest BCUT2D eigenvalue weighted by Crippen LogP contribution is 2.29. The zero-order chi connectivity index (χ0) is 41.3. The first-order valence-corrected chi connectivity index (χ1v) is 19.7. The molecule has 14 heteroatoms. The molecule has 0 aliphatic carbocycles. The highest BCUT2D eigenvalue weighted by molar-refractivity contribution is 5.96. The summed E-state index contributed by atoms with van der Waals surface area (Å²) >= 11 is 0. The third kappa shape index (κ3) is 16.5. The molecule has 55 heavy (non-hydrogen) atoms. The van der Waals surface area contributed by atoms with Gasteiger partial charge < -0.3 is 37.2 Å². The maximum atomic E-state index is 14.2. The van der Waals surface area contributed by atoms with Crippen LogP contribution in [-0.4, -0.2) is 95.0 Å². The van der Waals surface area contributed by atoms with E-state index in [1.165, 1.54) is 12.1 Å². The summed E-state index contributed by atoms with van der Waals surface area (Å²) < 4.78 is 0. The van der Waals surface area contributed by atoms with E-state index < -0.39 is 52.9 Å². The molecule has 0 bridgehead atoms. The zero-order valence-corrected chi connectivity index (χ0v) is 33.8. The Morgan fingerprint density at radius 3 is 2.20 bits per heavy atom. The van der Waals surface area contributed by atoms with E-state index >= 15 is 0 Å². The van der Waals surface area contributed by atoms with E-state index in [4.69, 9.17) is 11.5 Å². The summed E-state index contributed by atoms with van der Waals surface area (Å²) in [4.78, 5) is 86.7. The summed E-state index contributed by atoms with van der Waals surface area (Å²) in [5, 5.41) is 25.6. The molecule has 1 heterocycles. The number of rotatable bonds is 25. The van der Waals surface area contributed by atoms with Crippen LogP contribution >= 0.6 is 0 Å². The molecule has 14 nitrogen and oxygen atoms in total. The van der Waals surface area contributed by atoms with E-state index in [9.17, 15) is 39.0 Å². The van der Waals surface area contributed by atoms with E-state index in [-0.39, 0.29) is 60.8 Å². The predicted molar refractivity (Wildman–Crippen MR) is 212 cm³/mol. The Hall–Kier alpha value is -4.33.